The van der Waals surface area contributed by atoms with Crippen LogP contribution in [0.5, 0.6) is 0 Å². The molecule has 1 N–H and O–H groups in total. The van der Waals surface area contributed by atoms with Crippen molar-refractivity contribution in [2.45, 2.75) is 51.2 Å². The summed E-state index contributed by atoms with van der Waals surface area (Å²) in [6, 6.07) is 0. The Balaban J connectivity index is 1.74. The van der Waals surface area contributed by atoms with Gasteiger partial charge in [0.15, 0.2) is 0 Å². The molecule has 2 aliphatic rings. The molecule has 0 aromatic heterocycles. The molecule has 1 saturated carbocycles. The summed E-state index contributed by atoms with van der Waals surface area (Å²) in [5.41, 5.74) is 0.294. The molecular weight excluding hydrogens is 212 g/mol. The molecule has 3 nitrogen and oxygen atoms in total. The van der Waals surface area contributed by atoms with Crippen molar-refractivity contribution in [2.24, 2.45) is 5.92 Å². The van der Waals surface area contributed by atoms with Gasteiger partial charge in [-0.15, -0.1) is 0 Å². The van der Waals surface area contributed by atoms with Gasteiger partial charge in [-0.25, -0.2) is 0 Å². The van der Waals surface area contributed by atoms with Crippen molar-refractivity contribution >= 4 is 0 Å². The summed E-state index contributed by atoms with van der Waals surface area (Å²) in [5.74, 6) is 0.898. The third-order valence-corrected chi connectivity index (χ3v) is 4.29. The van der Waals surface area contributed by atoms with Crippen LogP contribution < -0.4 is 5.32 Å². The number of hydrogen-bond donors (Lipinski definition) is 1. The van der Waals surface area contributed by atoms with Crippen LogP contribution in [0, 0.1) is 5.92 Å². The lowest BCUT2D eigenvalue weighted by molar-refractivity contribution is 0.0443. The van der Waals surface area contributed by atoms with Crippen molar-refractivity contribution < 1.29 is 4.74 Å². The van der Waals surface area contributed by atoms with Crippen LogP contribution in [0.3, 0.4) is 0 Å². The largest absolute Gasteiger partial charge is 0.381 e. The number of methoxy groups -OCH3 is 1. The maximum atomic E-state index is 5.44. The maximum absolute atomic E-state index is 5.44. The van der Waals surface area contributed by atoms with E-state index in [1.54, 1.807) is 0 Å². The molecule has 0 amide bonds. The van der Waals surface area contributed by atoms with Gasteiger partial charge in [-0.1, -0.05) is 0 Å². The number of piperazine rings is 1. The molecule has 0 atom stereocenters. The Bertz CT molecular complexity index is 234. The van der Waals surface area contributed by atoms with Gasteiger partial charge in [0.2, 0.25) is 0 Å². The van der Waals surface area contributed by atoms with Gasteiger partial charge in [0.1, 0.15) is 0 Å². The molecule has 2 rings (SSSR count). The van der Waals surface area contributed by atoms with E-state index in [2.05, 4.69) is 24.1 Å². The van der Waals surface area contributed by atoms with Gasteiger partial charge >= 0.3 is 0 Å². The number of nitrogens with one attached hydrogen (secondary N) is 1. The van der Waals surface area contributed by atoms with E-state index in [1.165, 1.54) is 45.3 Å². The summed E-state index contributed by atoms with van der Waals surface area (Å²) in [4.78, 5) is 2.65. The number of nitrogens with zero attached hydrogens (tertiary/aromatic N) is 1. The molecule has 0 spiro atoms. The minimum Gasteiger partial charge on any atom is -0.381 e. The van der Waals surface area contributed by atoms with Crippen LogP contribution in [-0.4, -0.2) is 49.8 Å². The summed E-state index contributed by atoms with van der Waals surface area (Å²) >= 11 is 0. The summed E-state index contributed by atoms with van der Waals surface area (Å²) in [5, 5.41) is 3.58. The standard InChI is InChI=1S/C14H28N2O/c1-14(2)11-16(9-8-15-14)10-12-4-6-13(17-3)7-5-12/h12-13,15H,4-11H2,1-3H3. The Morgan fingerprint density at radius 1 is 1.24 bits per heavy atom. The minimum absolute atomic E-state index is 0.294. The lowest BCUT2D eigenvalue weighted by atomic mass is 9.86. The summed E-state index contributed by atoms with van der Waals surface area (Å²) in [6.07, 6.45) is 5.75. The van der Waals surface area contributed by atoms with Crippen LogP contribution in [0.2, 0.25) is 0 Å². The first-order valence-electron chi connectivity index (χ1n) is 7.09. The van der Waals surface area contributed by atoms with Gasteiger partial charge in [-0.05, 0) is 45.4 Å². The maximum Gasteiger partial charge on any atom is 0.0571 e. The van der Waals surface area contributed by atoms with Crippen molar-refractivity contribution in [2.75, 3.05) is 33.3 Å². The van der Waals surface area contributed by atoms with E-state index in [9.17, 15) is 0 Å². The first-order chi connectivity index (χ1) is 8.09. The molecule has 100 valence electrons. The molecule has 0 unspecified atom stereocenters. The molecule has 0 aromatic rings. The molecular formula is C14H28N2O. The molecule has 1 heterocycles. The lowest BCUT2D eigenvalue weighted by Crippen LogP contribution is -2.57. The van der Waals surface area contributed by atoms with Crippen LogP contribution in [-0.2, 0) is 4.74 Å². The van der Waals surface area contributed by atoms with Crippen LogP contribution in [0.25, 0.3) is 0 Å². The lowest BCUT2D eigenvalue weighted by Gasteiger charge is -2.41. The van der Waals surface area contributed by atoms with Gasteiger partial charge in [-0.2, -0.15) is 0 Å². The second kappa shape index (κ2) is 5.68. The minimum atomic E-state index is 0.294. The van der Waals surface area contributed by atoms with Gasteiger partial charge in [0.25, 0.3) is 0 Å². The molecule has 1 aliphatic heterocycles. The third-order valence-electron chi connectivity index (χ3n) is 4.29. The molecule has 1 aliphatic carbocycles. The average Bonchev–Trinajstić information content (AvgIpc) is 2.29. The van der Waals surface area contributed by atoms with Gasteiger partial charge < -0.3 is 10.1 Å². The summed E-state index contributed by atoms with van der Waals surface area (Å²) < 4.78 is 5.44. The summed E-state index contributed by atoms with van der Waals surface area (Å²) in [6.45, 7) is 9.45. The number of hydrogen-bond acceptors (Lipinski definition) is 3. The molecule has 0 radical (unpaired) electrons. The molecule has 1 saturated heterocycles. The highest BCUT2D eigenvalue weighted by molar-refractivity contribution is 4.88. The molecule has 3 heteroatoms. The molecule has 17 heavy (non-hydrogen) atoms. The van der Waals surface area contributed by atoms with Crippen molar-refractivity contribution in [3.63, 3.8) is 0 Å². The Morgan fingerprint density at radius 2 is 1.94 bits per heavy atom. The average molecular weight is 240 g/mol. The molecule has 0 aromatic carbocycles. The van der Waals surface area contributed by atoms with E-state index < -0.39 is 0 Å². The monoisotopic (exact) mass is 240 g/mol. The van der Waals surface area contributed by atoms with Crippen molar-refractivity contribution in [3.8, 4) is 0 Å². The normalized spacial score (nSPS) is 34.8. The van der Waals surface area contributed by atoms with E-state index in [0.29, 0.717) is 11.6 Å². The van der Waals surface area contributed by atoms with Crippen LogP contribution in [0.1, 0.15) is 39.5 Å². The zero-order valence-corrected chi connectivity index (χ0v) is 11.7. The Kier molecular flexibility index (Phi) is 4.45. The van der Waals surface area contributed by atoms with Crippen LogP contribution in [0.4, 0.5) is 0 Å². The fourth-order valence-corrected chi connectivity index (χ4v) is 3.32. The topological polar surface area (TPSA) is 24.5 Å². The van der Waals surface area contributed by atoms with Gasteiger partial charge in [0, 0.05) is 38.8 Å². The Labute approximate surface area is 106 Å². The predicted molar refractivity (Wildman–Crippen MR) is 71.3 cm³/mol. The predicted octanol–water partition coefficient (Wildman–Crippen LogP) is 1.88. The fraction of sp³-hybridized carbons (Fsp3) is 1.00. The van der Waals surface area contributed by atoms with Crippen molar-refractivity contribution in [3.05, 3.63) is 0 Å². The van der Waals surface area contributed by atoms with Gasteiger partial charge in [-0.3, -0.25) is 4.90 Å². The molecule has 2 fully saturated rings. The zero-order valence-electron chi connectivity index (χ0n) is 11.7. The fourth-order valence-electron chi connectivity index (χ4n) is 3.32. The quantitative estimate of drug-likeness (QED) is 0.815. The van der Waals surface area contributed by atoms with E-state index in [4.69, 9.17) is 4.74 Å². The first-order valence-corrected chi connectivity index (χ1v) is 7.09. The van der Waals surface area contributed by atoms with Crippen LogP contribution in [0.15, 0.2) is 0 Å². The van der Waals surface area contributed by atoms with E-state index in [-0.39, 0.29) is 0 Å². The Hall–Kier alpha value is -0.120. The highest BCUT2D eigenvalue weighted by Crippen LogP contribution is 2.27. The van der Waals surface area contributed by atoms with E-state index >= 15 is 0 Å². The van der Waals surface area contributed by atoms with Crippen molar-refractivity contribution in [1.29, 1.82) is 0 Å². The number of ether oxygens (including phenoxy) is 1. The SMILES string of the molecule is COC1CCC(CN2CCNC(C)(C)C2)CC1. The highest BCUT2D eigenvalue weighted by atomic mass is 16.5. The molecule has 0 bridgehead atoms. The van der Waals surface area contributed by atoms with E-state index in [1.807, 2.05) is 7.11 Å². The highest BCUT2D eigenvalue weighted by Gasteiger charge is 2.28. The first kappa shape index (κ1) is 13.3. The Morgan fingerprint density at radius 3 is 2.53 bits per heavy atom. The third kappa shape index (κ3) is 3.94. The summed E-state index contributed by atoms with van der Waals surface area (Å²) in [7, 11) is 1.85. The van der Waals surface area contributed by atoms with Gasteiger partial charge in [0.05, 0.1) is 6.10 Å². The zero-order chi connectivity index (χ0) is 12.3. The second-order valence-electron chi connectivity index (χ2n) is 6.42. The smallest absolute Gasteiger partial charge is 0.0571 e. The second-order valence-corrected chi connectivity index (χ2v) is 6.42. The van der Waals surface area contributed by atoms with E-state index in [0.717, 1.165) is 12.5 Å². The number of rotatable bonds is 3. The van der Waals surface area contributed by atoms with Crippen LogP contribution >= 0.6 is 0 Å². The van der Waals surface area contributed by atoms with Crippen molar-refractivity contribution in [1.82, 2.24) is 10.2 Å².